The van der Waals surface area contributed by atoms with Gasteiger partial charge in [-0.05, 0) is 31.2 Å². The van der Waals surface area contributed by atoms with Gasteiger partial charge in [-0.15, -0.1) is 0 Å². The van der Waals surface area contributed by atoms with Gasteiger partial charge >= 0.3 is 6.03 Å². The summed E-state index contributed by atoms with van der Waals surface area (Å²) in [5, 5.41) is 6.78. The Morgan fingerprint density at radius 3 is 2.43 bits per heavy atom. The van der Waals surface area contributed by atoms with E-state index in [4.69, 9.17) is 9.47 Å². The van der Waals surface area contributed by atoms with Crippen LogP contribution >= 0.6 is 0 Å². The fourth-order valence-corrected chi connectivity index (χ4v) is 1.97. The van der Waals surface area contributed by atoms with Crippen LogP contribution in [0.15, 0.2) is 53.6 Å². The van der Waals surface area contributed by atoms with E-state index in [1.807, 2.05) is 24.3 Å². The summed E-state index contributed by atoms with van der Waals surface area (Å²) >= 11 is 0. The minimum absolute atomic E-state index is 0.414. The predicted molar refractivity (Wildman–Crippen MR) is 90.4 cm³/mol. The smallest absolute Gasteiger partial charge is 0.339 e. The van der Waals surface area contributed by atoms with E-state index in [1.165, 1.54) is 0 Å². The number of anilines is 1. The van der Waals surface area contributed by atoms with Crippen LogP contribution in [-0.2, 0) is 0 Å². The van der Waals surface area contributed by atoms with Crippen LogP contribution in [0.5, 0.6) is 11.5 Å². The highest BCUT2D eigenvalue weighted by atomic mass is 16.5. The molecule has 6 heteroatoms. The summed E-state index contributed by atoms with van der Waals surface area (Å²) in [4.78, 5) is 11.8. The Hall–Kier alpha value is -3.02. The number of nitrogens with zero attached hydrogens (tertiary/aromatic N) is 1. The summed E-state index contributed by atoms with van der Waals surface area (Å²) in [6.45, 7) is 1.78. The average Bonchev–Trinajstić information content (AvgIpc) is 2.60. The van der Waals surface area contributed by atoms with Gasteiger partial charge in [0.2, 0.25) is 0 Å². The number of benzene rings is 2. The molecule has 2 N–H and O–H groups in total. The number of hydrazone groups is 1. The second-order valence-electron chi connectivity index (χ2n) is 4.70. The van der Waals surface area contributed by atoms with Crippen molar-refractivity contribution in [1.82, 2.24) is 5.43 Å². The second-order valence-corrected chi connectivity index (χ2v) is 4.70. The molecule has 0 bridgehead atoms. The Kier molecular flexibility index (Phi) is 5.57. The van der Waals surface area contributed by atoms with Crippen LogP contribution in [0.3, 0.4) is 0 Å². The quantitative estimate of drug-likeness (QED) is 0.657. The Morgan fingerprint density at radius 2 is 1.78 bits per heavy atom. The highest BCUT2D eigenvalue weighted by Gasteiger charge is 2.08. The topological polar surface area (TPSA) is 72.0 Å². The first kappa shape index (κ1) is 16.4. The molecule has 0 unspecified atom stereocenters. The number of ether oxygens (including phenoxy) is 2. The van der Waals surface area contributed by atoms with Crippen molar-refractivity contribution in [3.05, 3.63) is 54.1 Å². The number of hydrogen-bond donors (Lipinski definition) is 2. The van der Waals surface area contributed by atoms with Gasteiger partial charge in [-0.1, -0.05) is 18.2 Å². The van der Waals surface area contributed by atoms with Crippen molar-refractivity contribution in [3.63, 3.8) is 0 Å². The van der Waals surface area contributed by atoms with E-state index in [9.17, 15) is 4.79 Å². The minimum atomic E-state index is -0.414. The van der Waals surface area contributed by atoms with Crippen molar-refractivity contribution in [2.75, 3.05) is 19.5 Å². The molecule has 0 radical (unpaired) electrons. The van der Waals surface area contributed by atoms with Crippen molar-refractivity contribution in [1.29, 1.82) is 0 Å². The molecular formula is C17H19N3O3. The van der Waals surface area contributed by atoms with E-state index < -0.39 is 6.03 Å². The average molecular weight is 313 g/mol. The van der Waals surface area contributed by atoms with E-state index in [1.54, 1.807) is 45.4 Å². The van der Waals surface area contributed by atoms with Gasteiger partial charge in [0.1, 0.15) is 11.5 Å². The Balaban J connectivity index is 2.06. The number of nitrogens with one attached hydrogen (secondary N) is 2. The van der Waals surface area contributed by atoms with Gasteiger partial charge < -0.3 is 14.8 Å². The molecule has 0 heterocycles. The van der Waals surface area contributed by atoms with Crippen molar-refractivity contribution in [2.45, 2.75) is 6.92 Å². The van der Waals surface area contributed by atoms with Gasteiger partial charge in [0.25, 0.3) is 0 Å². The van der Waals surface area contributed by atoms with Gasteiger partial charge in [-0.2, -0.15) is 5.10 Å². The van der Waals surface area contributed by atoms with E-state index in [2.05, 4.69) is 15.8 Å². The molecule has 2 amide bonds. The number of carbonyl (C=O) groups is 1. The lowest BCUT2D eigenvalue weighted by Gasteiger charge is -2.10. The number of methoxy groups -OCH3 is 2. The normalized spacial score (nSPS) is 10.8. The van der Waals surface area contributed by atoms with E-state index >= 15 is 0 Å². The van der Waals surface area contributed by atoms with Crippen molar-refractivity contribution < 1.29 is 14.3 Å². The summed E-state index contributed by atoms with van der Waals surface area (Å²) in [5.41, 5.74) is 4.54. The summed E-state index contributed by atoms with van der Waals surface area (Å²) in [7, 11) is 3.16. The van der Waals surface area contributed by atoms with Crippen molar-refractivity contribution in [3.8, 4) is 11.5 Å². The number of carbonyl (C=O) groups excluding carboxylic acids is 1. The summed E-state index contributed by atoms with van der Waals surface area (Å²) in [6, 6.07) is 14.1. The molecule has 6 nitrogen and oxygen atoms in total. The molecule has 120 valence electrons. The molecule has 0 aromatic heterocycles. The number of para-hydroxylation sites is 1. The van der Waals surface area contributed by atoms with Crippen molar-refractivity contribution >= 4 is 17.4 Å². The number of rotatable bonds is 5. The van der Waals surface area contributed by atoms with Gasteiger partial charge in [0, 0.05) is 17.3 Å². The van der Waals surface area contributed by atoms with Crippen LogP contribution in [-0.4, -0.2) is 26.0 Å². The zero-order valence-electron chi connectivity index (χ0n) is 13.3. The molecule has 0 aliphatic heterocycles. The molecule has 2 aromatic carbocycles. The van der Waals surface area contributed by atoms with E-state index in [0.717, 1.165) is 5.56 Å². The molecule has 2 aromatic rings. The van der Waals surface area contributed by atoms with Crippen LogP contribution in [0.4, 0.5) is 10.5 Å². The van der Waals surface area contributed by atoms with Gasteiger partial charge in [-0.3, -0.25) is 0 Å². The molecular weight excluding hydrogens is 294 g/mol. The fourth-order valence-electron chi connectivity index (χ4n) is 1.97. The van der Waals surface area contributed by atoms with E-state index in [0.29, 0.717) is 22.9 Å². The predicted octanol–water partition coefficient (Wildman–Crippen LogP) is 3.25. The third-order valence-corrected chi connectivity index (χ3v) is 3.16. The molecule has 0 saturated carbocycles. The maximum absolute atomic E-state index is 11.8. The maximum Gasteiger partial charge on any atom is 0.339 e. The maximum atomic E-state index is 11.8. The Bertz CT molecular complexity index is 699. The largest absolute Gasteiger partial charge is 0.497 e. The Labute approximate surface area is 135 Å². The molecule has 0 atom stereocenters. The summed E-state index contributed by atoms with van der Waals surface area (Å²) < 4.78 is 10.5. The zero-order valence-corrected chi connectivity index (χ0v) is 13.3. The monoisotopic (exact) mass is 313 g/mol. The van der Waals surface area contributed by atoms with Gasteiger partial charge in [0.05, 0.1) is 19.9 Å². The van der Waals surface area contributed by atoms with Gasteiger partial charge in [0.15, 0.2) is 0 Å². The van der Waals surface area contributed by atoms with Gasteiger partial charge in [-0.25, -0.2) is 10.2 Å². The lowest BCUT2D eigenvalue weighted by atomic mass is 10.1. The van der Waals surface area contributed by atoms with E-state index in [-0.39, 0.29) is 0 Å². The number of hydrogen-bond acceptors (Lipinski definition) is 4. The SMILES string of the molecule is COc1ccc(C(C)=NNC(=O)Nc2ccccc2)c(OC)c1. The van der Waals surface area contributed by atoms with Crippen LogP contribution in [0.25, 0.3) is 0 Å². The third-order valence-electron chi connectivity index (χ3n) is 3.16. The first-order valence-corrected chi connectivity index (χ1v) is 7.02. The first-order valence-electron chi connectivity index (χ1n) is 7.02. The second kappa shape index (κ2) is 7.84. The molecule has 0 aliphatic carbocycles. The summed E-state index contributed by atoms with van der Waals surface area (Å²) in [5.74, 6) is 1.31. The highest BCUT2D eigenvalue weighted by Crippen LogP contribution is 2.25. The molecule has 23 heavy (non-hydrogen) atoms. The van der Waals surface area contributed by atoms with Crippen LogP contribution in [0.1, 0.15) is 12.5 Å². The zero-order chi connectivity index (χ0) is 16.7. The lowest BCUT2D eigenvalue weighted by molar-refractivity contribution is 0.252. The number of urea groups is 1. The molecule has 0 saturated heterocycles. The van der Waals surface area contributed by atoms with Crippen LogP contribution < -0.4 is 20.2 Å². The first-order chi connectivity index (χ1) is 11.1. The molecule has 0 aliphatic rings. The van der Waals surface area contributed by atoms with Crippen LogP contribution in [0.2, 0.25) is 0 Å². The lowest BCUT2D eigenvalue weighted by Crippen LogP contribution is -2.25. The summed E-state index contributed by atoms with van der Waals surface area (Å²) in [6.07, 6.45) is 0. The molecule has 0 spiro atoms. The number of amides is 2. The highest BCUT2D eigenvalue weighted by molar-refractivity contribution is 6.02. The van der Waals surface area contributed by atoms with Crippen molar-refractivity contribution in [2.24, 2.45) is 5.10 Å². The third kappa shape index (κ3) is 4.47. The molecule has 2 rings (SSSR count). The molecule has 0 fully saturated rings. The minimum Gasteiger partial charge on any atom is -0.497 e. The van der Waals surface area contributed by atoms with Crippen LogP contribution in [0, 0.1) is 0 Å². The Morgan fingerprint density at radius 1 is 1.04 bits per heavy atom. The standard InChI is InChI=1S/C17H19N3O3/c1-12(15-10-9-14(22-2)11-16(15)23-3)19-20-17(21)18-13-7-5-4-6-8-13/h4-11H,1-3H3,(H2,18,20,21). The fraction of sp³-hybridized carbons (Fsp3) is 0.176.